The van der Waals surface area contributed by atoms with Crippen LogP contribution in [0.5, 0.6) is 5.88 Å². The maximum absolute atomic E-state index is 13.1. The molecule has 0 aromatic carbocycles. The van der Waals surface area contributed by atoms with Crippen LogP contribution < -0.4 is 15.8 Å². The number of aromatic nitrogens is 1. The van der Waals surface area contributed by atoms with Crippen molar-refractivity contribution in [2.75, 3.05) is 19.0 Å². The Morgan fingerprint density at radius 3 is 2.79 bits per heavy atom. The van der Waals surface area contributed by atoms with Crippen LogP contribution in [0.2, 0.25) is 0 Å². The van der Waals surface area contributed by atoms with Crippen molar-refractivity contribution in [2.45, 2.75) is 32.2 Å². The molecule has 3 rings (SSSR count). The van der Waals surface area contributed by atoms with Gasteiger partial charge in [0.1, 0.15) is 5.56 Å². The van der Waals surface area contributed by atoms with E-state index in [9.17, 15) is 14.4 Å². The van der Waals surface area contributed by atoms with E-state index in [-0.39, 0.29) is 17.1 Å². The predicted octanol–water partition coefficient (Wildman–Crippen LogP) is 2.36. The summed E-state index contributed by atoms with van der Waals surface area (Å²) in [5.74, 6) is -1.80. The van der Waals surface area contributed by atoms with Gasteiger partial charge in [0.15, 0.2) is 0 Å². The summed E-state index contributed by atoms with van der Waals surface area (Å²) in [5.41, 5.74) is 5.01. The summed E-state index contributed by atoms with van der Waals surface area (Å²) in [6, 6.07) is 5.28. The van der Waals surface area contributed by atoms with Crippen LogP contribution in [0.3, 0.4) is 0 Å². The fourth-order valence-electron chi connectivity index (χ4n) is 3.58. The van der Waals surface area contributed by atoms with Crippen LogP contribution in [-0.4, -0.2) is 41.3 Å². The molecule has 1 saturated heterocycles. The Morgan fingerprint density at radius 2 is 2.17 bits per heavy atom. The first-order valence-corrected chi connectivity index (χ1v) is 10.1. The number of carbonyl (C=O) groups excluding carboxylic acids is 3. The molecule has 0 bridgehead atoms. The third-order valence-electron chi connectivity index (χ3n) is 5.27. The number of thiophene rings is 1. The average molecular weight is 417 g/mol. The van der Waals surface area contributed by atoms with E-state index in [4.69, 9.17) is 10.5 Å². The number of rotatable bonds is 4. The molecule has 0 radical (unpaired) electrons. The van der Waals surface area contributed by atoms with E-state index >= 15 is 0 Å². The van der Waals surface area contributed by atoms with Crippen molar-refractivity contribution < 1.29 is 19.1 Å². The second-order valence-electron chi connectivity index (χ2n) is 7.41. The van der Waals surface area contributed by atoms with Crippen LogP contribution in [0, 0.1) is 5.92 Å². The summed E-state index contributed by atoms with van der Waals surface area (Å²) in [5, 5.41) is 4.50. The molecule has 0 saturated carbocycles. The number of pyridine rings is 1. The van der Waals surface area contributed by atoms with E-state index in [1.165, 1.54) is 19.4 Å². The van der Waals surface area contributed by atoms with Crippen molar-refractivity contribution in [3.63, 3.8) is 0 Å². The molecule has 1 aliphatic rings. The molecule has 2 aromatic heterocycles. The smallest absolute Gasteiger partial charge is 0.313 e. The highest BCUT2D eigenvalue weighted by Gasteiger charge is 2.43. The Bertz CT molecular complexity index is 931. The van der Waals surface area contributed by atoms with Crippen LogP contribution in [-0.2, 0) is 15.1 Å². The normalized spacial score (nSPS) is 21.5. The largest absolute Gasteiger partial charge is 0.480 e. The number of primary amides is 1. The number of nitrogens with two attached hydrogens (primary N) is 1. The number of methoxy groups -OCH3 is 1. The van der Waals surface area contributed by atoms with Crippen LogP contribution in [0.15, 0.2) is 29.8 Å². The van der Waals surface area contributed by atoms with E-state index in [1.54, 1.807) is 16.2 Å². The highest BCUT2D eigenvalue weighted by Crippen LogP contribution is 2.41. The molecule has 3 N–H and O–H groups in total. The molecule has 0 aliphatic carbocycles. The van der Waals surface area contributed by atoms with Crippen molar-refractivity contribution >= 4 is 34.7 Å². The minimum absolute atomic E-state index is 0.0211. The zero-order valence-corrected chi connectivity index (χ0v) is 17.4. The Morgan fingerprint density at radius 1 is 1.41 bits per heavy atom. The van der Waals surface area contributed by atoms with Gasteiger partial charge in [-0.05, 0) is 43.2 Å². The molecule has 29 heavy (non-hydrogen) atoms. The van der Waals surface area contributed by atoms with Crippen molar-refractivity contribution in [2.24, 2.45) is 11.7 Å². The average Bonchev–Trinajstić information content (AvgIpc) is 3.25. The van der Waals surface area contributed by atoms with Crippen LogP contribution in [0.4, 0.5) is 5.69 Å². The Labute approximate surface area is 173 Å². The van der Waals surface area contributed by atoms with Crippen LogP contribution in [0.1, 0.15) is 41.9 Å². The number of ether oxygens (including phenoxy) is 1. The lowest BCUT2D eigenvalue weighted by atomic mass is 9.83. The fraction of sp³-hybridized carbons (Fsp3) is 0.400. The number of piperidine rings is 1. The molecule has 8 nitrogen and oxygen atoms in total. The van der Waals surface area contributed by atoms with Gasteiger partial charge in [0.2, 0.25) is 5.88 Å². The first kappa shape index (κ1) is 20.8. The van der Waals surface area contributed by atoms with Gasteiger partial charge in [0.05, 0.1) is 24.5 Å². The van der Waals surface area contributed by atoms with Gasteiger partial charge in [-0.1, -0.05) is 13.0 Å². The summed E-state index contributed by atoms with van der Waals surface area (Å²) in [6.45, 7) is 4.56. The summed E-state index contributed by atoms with van der Waals surface area (Å²) in [7, 11) is 1.36. The predicted molar refractivity (Wildman–Crippen MR) is 110 cm³/mol. The first-order valence-electron chi connectivity index (χ1n) is 9.27. The summed E-state index contributed by atoms with van der Waals surface area (Å²) in [4.78, 5) is 44.0. The van der Waals surface area contributed by atoms with E-state index in [0.29, 0.717) is 12.5 Å². The van der Waals surface area contributed by atoms with E-state index in [1.807, 2.05) is 24.4 Å². The first-order chi connectivity index (χ1) is 13.8. The lowest BCUT2D eigenvalue weighted by molar-refractivity contribution is -0.150. The van der Waals surface area contributed by atoms with E-state index in [2.05, 4.69) is 17.2 Å². The maximum Gasteiger partial charge on any atom is 0.313 e. The molecule has 9 heteroatoms. The number of nitrogens with one attached hydrogen (secondary N) is 1. The Hall–Kier alpha value is -2.94. The molecule has 0 spiro atoms. The molecular weight excluding hydrogens is 392 g/mol. The second-order valence-corrected chi connectivity index (χ2v) is 8.36. The highest BCUT2D eigenvalue weighted by atomic mass is 32.1. The van der Waals surface area contributed by atoms with Gasteiger partial charge >= 0.3 is 11.8 Å². The molecule has 3 heterocycles. The highest BCUT2D eigenvalue weighted by molar-refractivity contribution is 7.10. The lowest BCUT2D eigenvalue weighted by Gasteiger charge is -2.46. The van der Waals surface area contributed by atoms with Gasteiger partial charge < -0.3 is 20.7 Å². The van der Waals surface area contributed by atoms with Gasteiger partial charge in [0, 0.05) is 11.4 Å². The van der Waals surface area contributed by atoms with Gasteiger partial charge in [-0.3, -0.25) is 14.4 Å². The minimum atomic E-state index is -0.788. The number of likely N-dealkylation sites (tertiary alicyclic amines) is 1. The molecule has 1 fully saturated rings. The van der Waals surface area contributed by atoms with Gasteiger partial charge in [0.25, 0.3) is 5.91 Å². The van der Waals surface area contributed by atoms with E-state index in [0.717, 1.165) is 17.7 Å². The topological polar surface area (TPSA) is 115 Å². The lowest BCUT2D eigenvalue weighted by Crippen LogP contribution is -2.55. The molecule has 154 valence electrons. The molecular formula is C20H24N4O4S. The number of nitrogens with zero attached hydrogens (tertiary/aromatic N) is 2. The van der Waals surface area contributed by atoms with Crippen molar-refractivity contribution in [3.05, 3.63) is 40.2 Å². The molecule has 3 amide bonds. The number of amides is 3. The maximum atomic E-state index is 13.1. The molecule has 1 aliphatic heterocycles. The third kappa shape index (κ3) is 4.09. The zero-order valence-electron chi connectivity index (χ0n) is 16.6. The van der Waals surface area contributed by atoms with Gasteiger partial charge in [-0.25, -0.2) is 4.98 Å². The van der Waals surface area contributed by atoms with Crippen LogP contribution >= 0.6 is 11.3 Å². The Kier molecular flexibility index (Phi) is 5.88. The fourth-order valence-corrected chi connectivity index (χ4v) is 4.51. The summed E-state index contributed by atoms with van der Waals surface area (Å²) in [6.07, 6.45) is 3.07. The van der Waals surface area contributed by atoms with Crippen molar-refractivity contribution in [3.8, 4) is 5.88 Å². The number of hydrogen-bond donors (Lipinski definition) is 2. The molecule has 2 atom stereocenters. The summed E-state index contributed by atoms with van der Waals surface area (Å²) >= 11 is 1.57. The molecule has 2 aromatic rings. The monoisotopic (exact) mass is 416 g/mol. The van der Waals surface area contributed by atoms with Crippen molar-refractivity contribution in [1.29, 1.82) is 0 Å². The standard InChI is InChI=1S/C20H24N4O4S/c1-12-6-7-20(2,15-5-4-8-29-15)24(11-12)19(27)17(26)23-13-9-14(16(21)25)18(28-3)22-10-13/h4-5,8-10,12H,6-7,11H2,1-3H3,(H2,21,25)(H,23,26)/t12-,20-/m0/s1. The minimum Gasteiger partial charge on any atom is -0.480 e. The number of carbonyl (C=O) groups is 3. The van der Waals surface area contributed by atoms with Gasteiger partial charge in [-0.15, -0.1) is 11.3 Å². The number of anilines is 1. The second kappa shape index (κ2) is 8.20. The van der Waals surface area contributed by atoms with Crippen LogP contribution in [0.25, 0.3) is 0 Å². The zero-order chi connectivity index (χ0) is 21.2. The quantitative estimate of drug-likeness (QED) is 0.743. The summed E-state index contributed by atoms with van der Waals surface area (Å²) < 4.78 is 4.99. The van der Waals surface area contributed by atoms with Crippen molar-refractivity contribution in [1.82, 2.24) is 9.88 Å². The number of hydrogen-bond acceptors (Lipinski definition) is 6. The van der Waals surface area contributed by atoms with Gasteiger partial charge in [-0.2, -0.15) is 0 Å². The third-order valence-corrected chi connectivity index (χ3v) is 6.40. The van der Waals surface area contributed by atoms with E-state index < -0.39 is 23.3 Å². The Balaban J connectivity index is 1.84. The molecule has 0 unspecified atom stereocenters. The SMILES string of the molecule is COc1ncc(NC(=O)C(=O)N2C[C@@H](C)CC[C@@]2(C)c2cccs2)cc1C(N)=O.